The van der Waals surface area contributed by atoms with Crippen LogP contribution in [0.1, 0.15) is 0 Å². The molecule has 180 valence electrons. The molecule has 2 heterocycles. The third-order valence-corrected chi connectivity index (χ3v) is 6.97. The van der Waals surface area contributed by atoms with Gasteiger partial charge in [-0.2, -0.15) is 9.97 Å². The van der Waals surface area contributed by atoms with E-state index < -0.39 is 0 Å². The molecule has 0 fully saturated rings. The molecule has 5 heteroatoms. The lowest BCUT2D eigenvalue weighted by molar-refractivity contribution is 1.06. The predicted octanol–water partition coefficient (Wildman–Crippen LogP) is 8.62. The number of fused-ring (bicyclic) bond motifs is 3. The third-order valence-electron chi connectivity index (χ3n) is 6.80. The average Bonchev–Trinajstić information content (AvgIpc) is 3.31. The van der Waals surface area contributed by atoms with E-state index in [4.69, 9.17) is 16.6 Å². The minimum Gasteiger partial charge on any atom is -0.309 e. The highest BCUT2D eigenvalue weighted by molar-refractivity contribution is 6.28. The van der Waals surface area contributed by atoms with Crippen molar-refractivity contribution in [3.63, 3.8) is 0 Å². The molecule has 0 aliphatic rings. The molecular formula is C33H21ClN4. The van der Waals surface area contributed by atoms with Gasteiger partial charge in [0.2, 0.25) is 5.28 Å². The first-order chi connectivity index (χ1) is 18.7. The van der Waals surface area contributed by atoms with E-state index in [1.807, 2.05) is 48.5 Å². The number of halogens is 1. The fourth-order valence-corrected chi connectivity index (χ4v) is 5.18. The molecule has 0 N–H and O–H groups in total. The van der Waals surface area contributed by atoms with Crippen LogP contribution < -0.4 is 0 Å². The minimum absolute atomic E-state index is 0.176. The third kappa shape index (κ3) is 3.92. The Bertz CT molecular complexity index is 1910. The van der Waals surface area contributed by atoms with Gasteiger partial charge in [0.05, 0.1) is 11.0 Å². The minimum atomic E-state index is 0.176. The molecule has 7 rings (SSSR count). The van der Waals surface area contributed by atoms with Crippen LogP contribution in [0.15, 0.2) is 127 Å². The fourth-order valence-electron chi connectivity index (χ4n) is 5.02. The van der Waals surface area contributed by atoms with Gasteiger partial charge in [0, 0.05) is 27.6 Å². The van der Waals surface area contributed by atoms with Gasteiger partial charge in [0.15, 0.2) is 11.6 Å². The summed E-state index contributed by atoms with van der Waals surface area (Å²) < 4.78 is 2.30. The van der Waals surface area contributed by atoms with Crippen molar-refractivity contribution >= 4 is 33.4 Å². The Hall–Kier alpha value is -4.80. The van der Waals surface area contributed by atoms with Crippen molar-refractivity contribution in [1.82, 2.24) is 19.5 Å². The van der Waals surface area contributed by atoms with Gasteiger partial charge < -0.3 is 4.57 Å². The van der Waals surface area contributed by atoms with E-state index in [9.17, 15) is 0 Å². The normalized spacial score (nSPS) is 11.3. The smallest absolute Gasteiger partial charge is 0.226 e. The zero-order chi connectivity index (χ0) is 25.5. The second kappa shape index (κ2) is 9.25. The van der Waals surface area contributed by atoms with Gasteiger partial charge in [-0.3, -0.25) is 0 Å². The topological polar surface area (TPSA) is 43.6 Å². The van der Waals surface area contributed by atoms with E-state index in [1.165, 1.54) is 21.9 Å². The van der Waals surface area contributed by atoms with Crippen molar-refractivity contribution in [3.05, 3.63) is 133 Å². The van der Waals surface area contributed by atoms with Crippen LogP contribution >= 0.6 is 11.6 Å². The first-order valence-corrected chi connectivity index (χ1v) is 12.8. The Labute approximate surface area is 224 Å². The molecule has 0 saturated carbocycles. The molecule has 0 bridgehead atoms. The molecule has 5 aromatic carbocycles. The van der Waals surface area contributed by atoms with Crippen LogP contribution in [0.3, 0.4) is 0 Å². The van der Waals surface area contributed by atoms with Gasteiger partial charge in [-0.05, 0) is 65.2 Å². The molecule has 0 aliphatic carbocycles. The van der Waals surface area contributed by atoms with Gasteiger partial charge in [-0.1, -0.05) is 84.9 Å². The van der Waals surface area contributed by atoms with Crippen molar-refractivity contribution in [2.24, 2.45) is 0 Å². The summed E-state index contributed by atoms with van der Waals surface area (Å²) in [5, 5.41) is 2.62. The molecule has 0 amide bonds. The SMILES string of the molecule is Clc1nc(-c2ccccc2)nc(-c2ccc(-n3c4ccccc4c4cc(-c5ccccc5)ccc43)cc2)n1. The summed E-state index contributed by atoms with van der Waals surface area (Å²) in [7, 11) is 0. The Morgan fingerprint density at radius 2 is 1.00 bits per heavy atom. The number of aromatic nitrogens is 4. The number of hydrogen-bond acceptors (Lipinski definition) is 3. The van der Waals surface area contributed by atoms with Crippen LogP contribution in [0.2, 0.25) is 5.28 Å². The summed E-state index contributed by atoms with van der Waals surface area (Å²) in [5.74, 6) is 1.10. The lowest BCUT2D eigenvalue weighted by Gasteiger charge is -2.10. The largest absolute Gasteiger partial charge is 0.309 e. The molecule has 0 aliphatic heterocycles. The van der Waals surface area contributed by atoms with Crippen LogP contribution in [0.4, 0.5) is 0 Å². The van der Waals surface area contributed by atoms with Crippen molar-refractivity contribution in [2.45, 2.75) is 0 Å². The Morgan fingerprint density at radius 1 is 0.447 bits per heavy atom. The highest BCUT2D eigenvalue weighted by Gasteiger charge is 2.14. The molecule has 4 nitrogen and oxygen atoms in total. The zero-order valence-electron chi connectivity index (χ0n) is 20.3. The lowest BCUT2D eigenvalue weighted by Crippen LogP contribution is -1.98. The first kappa shape index (κ1) is 22.4. The zero-order valence-corrected chi connectivity index (χ0v) is 21.0. The van der Waals surface area contributed by atoms with E-state index in [2.05, 4.69) is 93.4 Å². The van der Waals surface area contributed by atoms with Gasteiger partial charge in [-0.25, -0.2) is 4.98 Å². The van der Waals surface area contributed by atoms with Crippen LogP contribution in [0, 0.1) is 0 Å². The summed E-state index contributed by atoms with van der Waals surface area (Å²) in [4.78, 5) is 13.4. The summed E-state index contributed by atoms with van der Waals surface area (Å²) in [6.45, 7) is 0. The number of nitrogens with zero attached hydrogens (tertiary/aromatic N) is 4. The maximum absolute atomic E-state index is 6.28. The van der Waals surface area contributed by atoms with E-state index in [1.54, 1.807) is 0 Å². The van der Waals surface area contributed by atoms with Crippen LogP contribution in [-0.4, -0.2) is 19.5 Å². The van der Waals surface area contributed by atoms with E-state index in [0.29, 0.717) is 11.6 Å². The standard InChI is InChI=1S/C33H21ClN4/c34-33-36-31(23-11-5-2-6-12-23)35-32(37-33)24-15-18-26(19-16-24)38-29-14-8-7-13-27(29)28-21-25(17-20-30(28)38)22-9-3-1-4-10-22/h1-21H. The summed E-state index contributed by atoms with van der Waals surface area (Å²) in [6, 6.07) is 43.8. The summed E-state index contributed by atoms with van der Waals surface area (Å²) >= 11 is 6.28. The van der Waals surface area contributed by atoms with Gasteiger partial charge in [0.25, 0.3) is 0 Å². The van der Waals surface area contributed by atoms with Gasteiger partial charge >= 0.3 is 0 Å². The monoisotopic (exact) mass is 508 g/mol. The first-order valence-electron chi connectivity index (χ1n) is 12.4. The molecule has 7 aromatic rings. The maximum Gasteiger partial charge on any atom is 0.226 e. The Kier molecular flexibility index (Phi) is 5.46. The van der Waals surface area contributed by atoms with E-state index in [0.717, 1.165) is 27.8 Å². The van der Waals surface area contributed by atoms with Gasteiger partial charge in [-0.15, -0.1) is 0 Å². The molecule has 0 spiro atoms. The highest BCUT2D eigenvalue weighted by Crippen LogP contribution is 2.35. The number of para-hydroxylation sites is 1. The Balaban J connectivity index is 1.33. The molecular weight excluding hydrogens is 488 g/mol. The predicted molar refractivity (Wildman–Crippen MR) is 155 cm³/mol. The summed E-state index contributed by atoms with van der Waals surface area (Å²) in [5.41, 5.74) is 7.58. The average molecular weight is 509 g/mol. The van der Waals surface area contributed by atoms with Crippen LogP contribution in [-0.2, 0) is 0 Å². The second-order valence-electron chi connectivity index (χ2n) is 9.12. The Morgan fingerprint density at radius 3 is 1.71 bits per heavy atom. The van der Waals surface area contributed by atoms with Crippen molar-refractivity contribution < 1.29 is 0 Å². The quantitative estimate of drug-likeness (QED) is 0.239. The highest BCUT2D eigenvalue weighted by atomic mass is 35.5. The van der Waals surface area contributed by atoms with Crippen molar-refractivity contribution in [1.29, 1.82) is 0 Å². The van der Waals surface area contributed by atoms with Crippen LogP contribution in [0.25, 0.3) is 61.4 Å². The van der Waals surface area contributed by atoms with E-state index >= 15 is 0 Å². The van der Waals surface area contributed by atoms with Crippen LogP contribution in [0.5, 0.6) is 0 Å². The molecule has 0 unspecified atom stereocenters. The van der Waals surface area contributed by atoms with Gasteiger partial charge in [0.1, 0.15) is 0 Å². The second-order valence-corrected chi connectivity index (χ2v) is 9.45. The molecule has 0 saturated heterocycles. The van der Waals surface area contributed by atoms with E-state index in [-0.39, 0.29) is 5.28 Å². The van der Waals surface area contributed by atoms with Crippen molar-refractivity contribution in [2.75, 3.05) is 0 Å². The number of rotatable bonds is 4. The number of hydrogen-bond donors (Lipinski definition) is 0. The molecule has 0 atom stereocenters. The van der Waals surface area contributed by atoms with Crippen molar-refractivity contribution in [3.8, 4) is 39.6 Å². The maximum atomic E-state index is 6.28. The fraction of sp³-hybridized carbons (Fsp3) is 0. The lowest BCUT2D eigenvalue weighted by atomic mass is 10.0. The molecule has 0 radical (unpaired) electrons. The summed E-state index contributed by atoms with van der Waals surface area (Å²) in [6.07, 6.45) is 0. The number of benzene rings is 5. The molecule has 2 aromatic heterocycles. The molecule has 38 heavy (non-hydrogen) atoms.